The van der Waals surface area contributed by atoms with E-state index < -0.39 is 11.7 Å². The second kappa shape index (κ2) is 5.44. The van der Waals surface area contributed by atoms with Crippen molar-refractivity contribution in [1.82, 2.24) is 0 Å². The topological polar surface area (TPSA) is 55.1 Å². The van der Waals surface area contributed by atoms with Crippen molar-refractivity contribution in [3.63, 3.8) is 0 Å². The normalized spacial score (nSPS) is 16.9. The molecule has 2 rings (SSSR count). The Bertz CT molecular complexity index is 510. The van der Waals surface area contributed by atoms with E-state index in [2.05, 4.69) is 5.32 Å². The minimum absolute atomic E-state index is 0.00896. The third-order valence-corrected chi connectivity index (χ3v) is 3.57. The van der Waals surface area contributed by atoms with Gasteiger partial charge in [-0.1, -0.05) is 6.92 Å². The summed E-state index contributed by atoms with van der Waals surface area (Å²) in [6, 6.07) is 3.42. The average molecular weight is 286 g/mol. The predicted octanol–water partition coefficient (Wildman–Crippen LogP) is 3.15. The van der Waals surface area contributed by atoms with Crippen molar-refractivity contribution in [2.45, 2.75) is 32.5 Å². The van der Waals surface area contributed by atoms with Crippen LogP contribution >= 0.6 is 0 Å². The molecule has 1 aromatic carbocycles. The molecular weight excluding hydrogens is 269 g/mol. The number of nitrogens with one attached hydrogen (secondary N) is 1. The van der Waals surface area contributed by atoms with Gasteiger partial charge in [0.2, 0.25) is 5.91 Å². The highest BCUT2D eigenvalue weighted by molar-refractivity contribution is 5.92. The summed E-state index contributed by atoms with van der Waals surface area (Å²) in [5, 5.41) is 2.56. The summed E-state index contributed by atoms with van der Waals surface area (Å²) < 4.78 is 38.3. The molecular formula is C14H17F3N2O. The van der Waals surface area contributed by atoms with Crippen LogP contribution in [-0.2, 0) is 17.5 Å². The molecule has 1 unspecified atom stereocenters. The quantitative estimate of drug-likeness (QED) is 0.893. The highest BCUT2D eigenvalue weighted by atomic mass is 19.4. The number of benzene rings is 1. The van der Waals surface area contributed by atoms with Crippen LogP contribution in [0.4, 0.5) is 18.9 Å². The summed E-state index contributed by atoms with van der Waals surface area (Å²) in [4.78, 5) is 11.9. The first kappa shape index (κ1) is 14.8. The Hall–Kier alpha value is -1.56. The summed E-state index contributed by atoms with van der Waals surface area (Å²) in [5.74, 6) is -0.0598. The fraction of sp³-hybridized carbons (Fsp3) is 0.500. The van der Waals surface area contributed by atoms with E-state index in [0.29, 0.717) is 11.5 Å². The van der Waals surface area contributed by atoms with Gasteiger partial charge in [0.15, 0.2) is 0 Å². The first-order valence-corrected chi connectivity index (χ1v) is 6.53. The Kier molecular flexibility index (Phi) is 4.04. The van der Waals surface area contributed by atoms with E-state index in [1.165, 1.54) is 6.07 Å². The molecule has 0 radical (unpaired) electrons. The molecule has 3 N–H and O–H groups in total. The number of hydrogen-bond donors (Lipinski definition) is 2. The molecule has 0 aromatic heterocycles. The lowest BCUT2D eigenvalue weighted by Gasteiger charge is -2.14. The summed E-state index contributed by atoms with van der Waals surface area (Å²) in [6.45, 7) is 1.79. The monoisotopic (exact) mass is 286 g/mol. The molecule has 1 aromatic rings. The van der Waals surface area contributed by atoms with Gasteiger partial charge in [-0.3, -0.25) is 4.79 Å². The average Bonchev–Trinajstić information content (AvgIpc) is 3.20. The van der Waals surface area contributed by atoms with Crippen LogP contribution in [0.2, 0.25) is 0 Å². The van der Waals surface area contributed by atoms with Crippen molar-refractivity contribution in [2.24, 2.45) is 17.6 Å². The molecule has 0 saturated heterocycles. The standard InChI is InChI=1S/C14H17F3N2O/c1-8(10-2-3-10)13(20)19-12-5-9(7-18)4-11(6-12)14(15,16)17/h4-6,8,10H,2-3,7,18H2,1H3,(H,19,20). The maximum atomic E-state index is 12.8. The number of nitrogens with two attached hydrogens (primary N) is 1. The van der Waals surface area contributed by atoms with Crippen LogP contribution < -0.4 is 11.1 Å². The highest BCUT2D eigenvalue weighted by Crippen LogP contribution is 2.37. The smallest absolute Gasteiger partial charge is 0.326 e. The largest absolute Gasteiger partial charge is 0.416 e. The molecule has 3 nitrogen and oxygen atoms in total. The van der Waals surface area contributed by atoms with Crippen LogP contribution in [0.1, 0.15) is 30.9 Å². The molecule has 1 aliphatic rings. The van der Waals surface area contributed by atoms with Crippen molar-refractivity contribution in [1.29, 1.82) is 0 Å². The number of amides is 1. The van der Waals surface area contributed by atoms with Crippen molar-refractivity contribution < 1.29 is 18.0 Å². The van der Waals surface area contributed by atoms with E-state index >= 15 is 0 Å². The Morgan fingerprint density at radius 3 is 2.55 bits per heavy atom. The lowest BCUT2D eigenvalue weighted by Crippen LogP contribution is -2.22. The zero-order valence-corrected chi connectivity index (χ0v) is 11.1. The molecule has 0 heterocycles. The molecule has 0 bridgehead atoms. The first-order chi connectivity index (χ1) is 9.31. The van der Waals surface area contributed by atoms with E-state index in [4.69, 9.17) is 5.73 Å². The van der Waals surface area contributed by atoms with Gasteiger partial charge < -0.3 is 11.1 Å². The first-order valence-electron chi connectivity index (χ1n) is 6.53. The number of rotatable bonds is 4. The van der Waals surface area contributed by atoms with E-state index in [0.717, 1.165) is 25.0 Å². The van der Waals surface area contributed by atoms with Gasteiger partial charge in [0.05, 0.1) is 5.56 Å². The van der Waals surface area contributed by atoms with Crippen molar-refractivity contribution in [3.8, 4) is 0 Å². The minimum atomic E-state index is -4.45. The molecule has 0 spiro atoms. The summed E-state index contributed by atoms with van der Waals surface area (Å²) in [7, 11) is 0. The third-order valence-electron chi connectivity index (χ3n) is 3.57. The maximum Gasteiger partial charge on any atom is 0.416 e. The van der Waals surface area contributed by atoms with E-state index in [1.807, 2.05) is 0 Å². The second-order valence-electron chi connectivity index (χ2n) is 5.24. The van der Waals surface area contributed by atoms with E-state index in [1.54, 1.807) is 6.92 Å². The SMILES string of the molecule is CC(C(=O)Nc1cc(CN)cc(C(F)(F)F)c1)C1CC1. The molecule has 6 heteroatoms. The Morgan fingerprint density at radius 2 is 2.05 bits per heavy atom. The lowest BCUT2D eigenvalue weighted by molar-refractivity contribution is -0.137. The van der Waals surface area contributed by atoms with Crippen LogP contribution in [0.25, 0.3) is 0 Å². The number of hydrogen-bond acceptors (Lipinski definition) is 2. The molecule has 0 aliphatic heterocycles. The molecule has 1 atom stereocenters. The summed E-state index contributed by atoms with van der Waals surface area (Å²) in [6.07, 6.45) is -2.44. The zero-order chi connectivity index (χ0) is 14.9. The van der Waals surface area contributed by atoms with Gasteiger partial charge in [-0.2, -0.15) is 13.2 Å². The van der Waals surface area contributed by atoms with Crippen molar-refractivity contribution >= 4 is 11.6 Å². The second-order valence-corrected chi connectivity index (χ2v) is 5.24. The van der Waals surface area contributed by atoms with Crippen molar-refractivity contribution in [2.75, 3.05) is 5.32 Å². The van der Waals surface area contributed by atoms with E-state index in [9.17, 15) is 18.0 Å². The molecule has 1 aliphatic carbocycles. The fourth-order valence-corrected chi connectivity index (χ4v) is 2.11. The number of alkyl halides is 3. The van der Waals surface area contributed by atoms with Gasteiger partial charge in [-0.05, 0) is 42.5 Å². The predicted molar refractivity (Wildman–Crippen MR) is 69.9 cm³/mol. The van der Waals surface area contributed by atoms with Crippen LogP contribution in [0.5, 0.6) is 0 Å². The molecule has 20 heavy (non-hydrogen) atoms. The number of anilines is 1. The Labute approximate surface area is 115 Å². The summed E-state index contributed by atoms with van der Waals surface area (Å²) >= 11 is 0. The number of carbonyl (C=O) groups excluding carboxylic acids is 1. The highest BCUT2D eigenvalue weighted by Gasteiger charge is 2.34. The van der Waals surface area contributed by atoms with Gasteiger partial charge in [0.1, 0.15) is 0 Å². The lowest BCUT2D eigenvalue weighted by atomic mass is 10.0. The van der Waals surface area contributed by atoms with Crippen molar-refractivity contribution in [3.05, 3.63) is 29.3 Å². The van der Waals surface area contributed by atoms with E-state index in [-0.39, 0.29) is 24.1 Å². The number of halogens is 3. The maximum absolute atomic E-state index is 12.8. The van der Waals surface area contributed by atoms with Crippen LogP contribution in [0.15, 0.2) is 18.2 Å². The molecule has 1 fully saturated rings. The van der Waals surface area contributed by atoms with Gasteiger partial charge in [0, 0.05) is 18.2 Å². The number of carbonyl (C=O) groups is 1. The van der Waals surface area contributed by atoms with Crippen LogP contribution in [-0.4, -0.2) is 5.91 Å². The molecule has 110 valence electrons. The Balaban J connectivity index is 2.20. The third kappa shape index (κ3) is 3.50. The zero-order valence-electron chi connectivity index (χ0n) is 11.1. The van der Waals surface area contributed by atoms with Gasteiger partial charge in [-0.15, -0.1) is 0 Å². The van der Waals surface area contributed by atoms with Gasteiger partial charge in [-0.25, -0.2) is 0 Å². The van der Waals surface area contributed by atoms with Crippen LogP contribution in [0.3, 0.4) is 0 Å². The van der Waals surface area contributed by atoms with Gasteiger partial charge in [0.25, 0.3) is 0 Å². The Morgan fingerprint density at radius 1 is 1.40 bits per heavy atom. The molecule has 1 saturated carbocycles. The summed E-state index contributed by atoms with van der Waals surface area (Å²) in [5.41, 5.74) is 5.10. The van der Waals surface area contributed by atoms with Crippen LogP contribution in [0, 0.1) is 11.8 Å². The van der Waals surface area contributed by atoms with Gasteiger partial charge >= 0.3 is 6.18 Å². The fourth-order valence-electron chi connectivity index (χ4n) is 2.11. The molecule has 1 amide bonds. The minimum Gasteiger partial charge on any atom is -0.326 e.